The van der Waals surface area contributed by atoms with Crippen molar-refractivity contribution < 1.29 is 0 Å². The molecule has 0 nitrogen and oxygen atoms in total. The molecule has 0 aliphatic rings. The van der Waals surface area contributed by atoms with E-state index in [0.717, 1.165) is 5.92 Å². The number of allylic oxidation sites excluding steroid dienone is 6. The lowest BCUT2D eigenvalue weighted by Gasteiger charge is -2.21. The lowest BCUT2D eigenvalue weighted by atomic mass is 9.85. The predicted molar refractivity (Wildman–Crippen MR) is 108 cm³/mol. The van der Waals surface area contributed by atoms with Gasteiger partial charge in [0.2, 0.25) is 0 Å². The molecule has 0 bridgehead atoms. The van der Waals surface area contributed by atoms with Crippen molar-refractivity contribution in [2.24, 2.45) is 5.92 Å². The van der Waals surface area contributed by atoms with Gasteiger partial charge in [0, 0.05) is 0 Å². The summed E-state index contributed by atoms with van der Waals surface area (Å²) in [4.78, 5) is 0. The minimum atomic E-state index is 0.821. The van der Waals surface area contributed by atoms with Gasteiger partial charge in [0.15, 0.2) is 0 Å². The van der Waals surface area contributed by atoms with E-state index < -0.39 is 0 Å². The van der Waals surface area contributed by atoms with Crippen LogP contribution in [0.2, 0.25) is 0 Å². The molecule has 0 spiro atoms. The maximum Gasteiger partial charge on any atom is -0.0203 e. The highest BCUT2D eigenvalue weighted by Crippen LogP contribution is 2.29. The van der Waals surface area contributed by atoms with Crippen LogP contribution in [-0.4, -0.2) is 0 Å². The van der Waals surface area contributed by atoms with Crippen molar-refractivity contribution in [2.75, 3.05) is 0 Å². The number of hydrogen-bond donors (Lipinski definition) is 0. The first-order valence-corrected chi connectivity index (χ1v) is 10.2. The summed E-state index contributed by atoms with van der Waals surface area (Å²) in [5.41, 5.74) is 3.44. The summed E-state index contributed by atoms with van der Waals surface area (Å²) in [5.74, 6) is 0.821. The Morgan fingerprint density at radius 3 is 1.91 bits per heavy atom. The maximum absolute atomic E-state index is 2.38. The topological polar surface area (TPSA) is 0 Å². The van der Waals surface area contributed by atoms with Crippen LogP contribution >= 0.6 is 0 Å². The first-order valence-electron chi connectivity index (χ1n) is 10.2. The van der Waals surface area contributed by atoms with Crippen LogP contribution in [0.5, 0.6) is 0 Å². The third kappa shape index (κ3) is 11.4. The molecule has 0 aromatic rings. The van der Waals surface area contributed by atoms with Crippen LogP contribution in [-0.2, 0) is 0 Å². The Morgan fingerprint density at radius 1 is 0.783 bits per heavy atom. The smallest absolute Gasteiger partial charge is 0.0203 e. The van der Waals surface area contributed by atoms with Crippen LogP contribution in [0.25, 0.3) is 0 Å². The van der Waals surface area contributed by atoms with Gasteiger partial charge in [-0.15, -0.1) is 0 Å². The third-order valence-corrected chi connectivity index (χ3v) is 4.82. The molecular formula is C23H42. The van der Waals surface area contributed by atoms with Gasteiger partial charge in [0.05, 0.1) is 0 Å². The number of hydrogen-bond acceptors (Lipinski definition) is 0. The second-order valence-electron chi connectivity index (χ2n) is 6.70. The lowest BCUT2D eigenvalue weighted by Crippen LogP contribution is -2.05. The molecular weight excluding hydrogens is 276 g/mol. The second-order valence-corrected chi connectivity index (χ2v) is 6.70. The lowest BCUT2D eigenvalue weighted by molar-refractivity contribution is 0.491. The molecule has 0 fully saturated rings. The summed E-state index contributed by atoms with van der Waals surface area (Å²) in [6, 6.07) is 0. The van der Waals surface area contributed by atoms with Gasteiger partial charge >= 0.3 is 0 Å². The van der Waals surface area contributed by atoms with Gasteiger partial charge in [0.1, 0.15) is 0 Å². The summed E-state index contributed by atoms with van der Waals surface area (Å²) >= 11 is 0. The van der Waals surface area contributed by atoms with Crippen LogP contribution in [0, 0.1) is 5.92 Å². The Balaban J connectivity index is 4.34. The number of unbranched alkanes of at least 4 members (excludes halogenated alkanes) is 3. The summed E-state index contributed by atoms with van der Waals surface area (Å²) < 4.78 is 0. The van der Waals surface area contributed by atoms with Crippen molar-refractivity contribution in [3.8, 4) is 0 Å². The molecule has 0 saturated carbocycles. The fourth-order valence-electron chi connectivity index (χ4n) is 3.43. The Morgan fingerprint density at radius 2 is 1.39 bits per heavy atom. The van der Waals surface area contributed by atoms with E-state index in [1.54, 1.807) is 11.1 Å². The van der Waals surface area contributed by atoms with E-state index in [1.807, 2.05) is 0 Å². The van der Waals surface area contributed by atoms with E-state index in [2.05, 4.69) is 58.9 Å². The zero-order valence-corrected chi connectivity index (χ0v) is 16.7. The van der Waals surface area contributed by atoms with Gasteiger partial charge in [-0.2, -0.15) is 0 Å². The zero-order valence-electron chi connectivity index (χ0n) is 16.7. The summed E-state index contributed by atoms with van der Waals surface area (Å²) in [6.45, 7) is 11.5. The van der Waals surface area contributed by atoms with E-state index in [9.17, 15) is 0 Å². The van der Waals surface area contributed by atoms with Crippen molar-refractivity contribution >= 4 is 0 Å². The fourth-order valence-corrected chi connectivity index (χ4v) is 3.43. The first-order chi connectivity index (χ1) is 11.2. The Labute approximate surface area is 147 Å². The molecule has 1 atom stereocenters. The molecule has 0 radical (unpaired) electrons. The molecule has 0 heteroatoms. The molecule has 0 aromatic carbocycles. The number of rotatable bonds is 14. The van der Waals surface area contributed by atoms with E-state index in [-0.39, 0.29) is 0 Å². The van der Waals surface area contributed by atoms with Gasteiger partial charge in [-0.3, -0.25) is 0 Å². The van der Waals surface area contributed by atoms with Gasteiger partial charge < -0.3 is 0 Å². The second kappa shape index (κ2) is 16.1. The van der Waals surface area contributed by atoms with E-state index >= 15 is 0 Å². The van der Waals surface area contributed by atoms with Crippen molar-refractivity contribution in [2.45, 2.75) is 105 Å². The molecule has 0 aromatic heterocycles. The van der Waals surface area contributed by atoms with Crippen LogP contribution < -0.4 is 0 Å². The quantitative estimate of drug-likeness (QED) is 0.223. The van der Waals surface area contributed by atoms with Crippen LogP contribution in [0.15, 0.2) is 35.5 Å². The summed E-state index contributed by atoms with van der Waals surface area (Å²) in [5, 5.41) is 0. The summed E-state index contributed by atoms with van der Waals surface area (Å²) in [6.07, 6.45) is 23.4. The van der Waals surface area contributed by atoms with Crippen molar-refractivity contribution in [3.05, 3.63) is 35.5 Å². The molecule has 0 aliphatic carbocycles. The highest BCUT2D eigenvalue weighted by Gasteiger charge is 2.13. The minimum absolute atomic E-state index is 0.821. The van der Waals surface area contributed by atoms with Gasteiger partial charge in [0.25, 0.3) is 0 Å². The average Bonchev–Trinajstić information content (AvgIpc) is 2.56. The molecule has 23 heavy (non-hydrogen) atoms. The van der Waals surface area contributed by atoms with Gasteiger partial charge in [-0.05, 0) is 77.0 Å². The Hall–Kier alpha value is -0.780. The molecule has 0 aliphatic heterocycles. The molecule has 1 unspecified atom stereocenters. The monoisotopic (exact) mass is 318 g/mol. The minimum Gasteiger partial charge on any atom is -0.0888 e. The molecule has 0 saturated heterocycles. The fraction of sp³-hybridized carbons (Fsp3) is 0.739. The third-order valence-electron chi connectivity index (χ3n) is 4.82. The molecule has 0 amide bonds. The molecule has 134 valence electrons. The summed E-state index contributed by atoms with van der Waals surface area (Å²) in [7, 11) is 0. The average molecular weight is 319 g/mol. The zero-order chi connectivity index (χ0) is 17.3. The normalized spacial score (nSPS) is 14.7. The van der Waals surface area contributed by atoms with Gasteiger partial charge in [-0.1, -0.05) is 69.6 Å². The van der Waals surface area contributed by atoms with E-state index in [1.165, 1.54) is 70.6 Å². The highest BCUT2D eigenvalue weighted by molar-refractivity contribution is 5.15. The molecule has 0 rings (SSSR count). The highest BCUT2D eigenvalue weighted by atomic mass is 14.2. The van der Waals surface area contributed by atoms with Crippen molar-refractivity contribution in [1.29, 1.82) is 0 Å². The SMILES string of the molecule is CCC=CCCCCC(CC)C(CC)=C(C)CCCC=CCC. The molecule has 0 heterocycles. The predicted octanol–water partition coefficient (Wildman–Crippen LogP) is 8.40. The van der Waals surface area contributed by atoms with Crippen LogP contribution in [0.4, 0.5) is 0 Å². The first kappa shape index (κ1) is 22.2. The van der Waals surface area contributed by atoms with Crippen LogP contribution in [0.1, 0.15) is 105 Å². The largest absolute Gasteiger partial charge is 0.0888 e. The van der Waals surface area contributed by atoms with Crippen LogP contribution in [0.3, 0.4) is 0 Å². The molecule has 0 N–H and O–H groups in total. The maximum atomic E-state index is 2.38. The van der Waals surface area contributed by atoms with Crippen molar-refractivity contribution in [1.82, 2.24) is 0 Å². The Kier molecular flexibility index (Phi) is 15.5. The van der Waals surface area contributed by atoms with E-state index in [4.69, 9.17) is 0 Å². The standard InChI is InChI=1S/C23H42/c1-6-10-12-14-16-18-20-22(8-3)23(9-4)21(5)19-17-15-13-11-7-2/h10-13,22H,6-9,14-20H2,1-5H3. The van der Waals surface area contributed by atoms with Gasteiger partial charge in [-0.25, -0.2) is 0 Å². The van der Waals surface area contributed by atoms with E-state index in [0.29, 0.717) is 0 Å². The Bertz CT molecular complexity index is 343. The van der Waals surface area contributed by atoms with Crippen molar-refractivity contribution in [3.63, 3.8) is 0 Å².